The van der Waals surface area contributed by atoms with Gasteiger partial charge in [-0.25, -0.2) is 4.79 Å². The highest BCUT2D eigenvalue weighted by Gasteiger charge is 2.46. The molecule has 0 aromatic heterocycles. The van der Waals surface area contributed by atoms with Gasteiger partial charge in [0.1, 0.15) is 0 Å². The molecule has 5 nitrogen and oxygen atoms in total. The summed E-state index contributed by atoms with van der Waals surface area (Å²) in [5.41, 5.74) is 0.949. The summed E-state index contributed by atoms with van der Waals surface area (Å²) >= 11 is 0. The number of cyclic esters (lactones) is 1. The Labute approximate surface area is 159 Å². The molecule has 2 atom stereocenters. The van der Waals surface area contributed by atoms with Crippen molar-refractivity contribution in [3.05, 3.63) is 83.9 Å². The fraction of sp³-hybridized carbons (Fsp3) is 0.318. The predicted molar refractivity (Wildman–Crippen MR) is 102 cm³/mol. The Balaban J connectivity index is 1.85. The van der Waals surface area contributed by atoms with Crippen LogP contribution < -0.4 is 0 Å². The monoisotopic (exact) mass is 367 g/mol. The average molecular weight is 367 g/mol. The molecular weight excluding hydrogens is 342 g/mol. The Hall–Kier alpha value is -2.47. The maximum atomic E-state index is 12.4. The first-order valence-corrected chi connectivity index (χ1v) is 9.14. The first-order valence-electron chi connectivity index (χ1n) is 9.14. The highest BCUT2D eigenvalue weighted by atomic mass is 16.7. The predicted octanol–water partition coefficient (Wildman–Crippen LogP) is 3.24. The zero-order valence-electron chi connectivity index (χ0n) is 15.5. The van der Waals surface area contributed by atoms with Gasteiger partial charge in [0.05, 0.1) is 12.7 Å². The van der Waals surface area contributed by atoms with Gasteiger partial charge in [-0.2, -0.15) is 5.06 Å². The molecule has 142 valence electrons. The Morgan fingerprint density at radius 1 is 1.11 bits per heavy atom. The highest BCUT2D eigenvalue weighted by molar-refractivity contribution is 5.83. The molecule has 0 amide bonds. The quantitative estimate of drug-likeness (QED) is 0.441. The van der Waals surface area contributed by atoms with Crippen LogP contribution in [-0.4, -0.2) is 34.5 Å². The number of hydrogen-bond donors (Lipinski definition) is 1. The summed E-state index contributed by atoms with van der Waals surface area (Å²) in [6, 6.07) is 19.9. The van der Waals surface area contributed by atoms with E-state index in [0.29, 0.717) is 26.1 Å². The third-order valence-corrected chi connectivity index (χ3v) is 4.39. The second kappa shape index (κ2) is 8.95. The van der Waals surface area contributed by atoms with Gasteiger partial charge in [0.15, 0.2) is 0 Å². The van der Waals surface area contributed by atoms with Gasteiger partial charge in [0.25, 0.3) is 0 Å². The van der Waals surface area contributed by atoms with Crippen molar-refractivity contribution in [2.24, 2.45) is 0 Å². The molecule has 3 rings (SSSR count). The van der Waals surface area contributed by atoms with Crippen molar-refractivity contribution in [3.63, 3.8) is 0 Å². The standard InChI is InChI=1S/C22H25NO4/c1-18(24)12-13-22(14-15-26-21(22)25)27-23(16-19-8-4-2-5-9-19)17-20-10-6-3-7-11-20/h2-13,18,24H,14-17H2,1H3/b13-12+/t18-,22-/m1/s1. The summed E-state index contributed by atoms with van der Waals surface area (Å²) in [5.74, 6) is -0.425. The number of rotatable bonds is 8. The van der Waals surface area contributed by atoms with Crippen molar-refractivity contribution >= 4 is 5.97 Å². The number of ether oxygens (including phenoxy) is 1. The van der Waals surface area contributed by atoms with Crippen LogP contribution in [0.1, 0.15) is 24.5 Å². The average Bonchev–Trinajstić information content (AvgIpc) is 3.02. The third kappa shape index (κ3) is 5.26. The van der Waals surface area contributed by atoms with E-state index in [1.807, 2.05) is 60.7 Å². The van der Waals surface area contributed by atoms with Crippen LogP contribution in [0.3, 0.4) is 0 Å². The number of esters is 1. The molecule has 2 aromatic rings. The highest BCUT2D eigenvalue weighted by Crippen LogP contribution is 2.29. The van der Waals surface area contributed by atoms with Crippen LogP contribution in [0.15, 0.2) is 72.8 Å². The first kappa shape index (κ1) is 19.3. The Morgan fingerprint density at radius 3 is 2.11 bits per heavy atom. The molecule has 1 N–H and O–H groups in total. The maximum Gasteiger partial charge on any atom is 0.344 e. The number of benzene rings is 2. The van der Waals surface area contributed by atoms with Gasteiger partial charge < -0.3 is 9.84 Å². The largest absolute Gasteiger partial charge is 0.463 e. The minimum Gasteiger partial charge on any atom is -0.463 e. The van der Waals surface area contributed by atoms with E-state index < -0.39 is 17.7 Å². The molecule has 0 bridgehead atoms. The third-order valence-electron chi connectivity index (χ3n) is 4.39. The smallest absolute Gasteiger partial charge is 0.344 e. The summed E-state index contributed by atoms with van der Waals surface area (Å²) < 4.78 is 5.18. The molecule has 2 aromatic carbocycles. The van der Waals surface area contributed by atoms with Gasteiger partial charge in [-0.3, -0.25) is 4.84 Å². The van der Waals surface area contributed by atoms with Gasteiger partial charge in [0.2, 0.25) is 5.60 Å². The molecule has 0 spiro atoms. The van der Waals surface area contributed by atoms with Crippen molar-refractivity contribution in [2.75, 3.05) is 6.61 Å². The summed E-state index contributed by atoms with van der Waals surface area (Å²) in [4.78, 5) is 18.7. The minimum absolute atomic E-state index is 0.299. The van der Waals surface area contributed by atoms with Crippen LogP contribution in [0.5, 0.6) is 0 Å². The number of aliphatic hydroxyl groups excluding tert-OH is 1. The zero-order chi connectivity index (χ0) is 19.1. The van der Waals surface area contributed by atoms with E-state index in [1.54, 1.807) is 24.1 Å². The van der Waals surface area contributed by atoms with Gasteiger partial charge in [-0.05, 0) is 24.1 Å². The Bertz CT molecular complexity index is 719. The molecule has 0 unspecified atom stereocenters. The molecule has 0 radical (unpaired) electrons. The second-order valence-electron chi connectivity index (χ2n) is 6.74. The summed E-state index contributed by atoms with van der Waals surface area (Å²) in [6.07, 6.45) is 2.93. The topological polar surface area (TPSA) is 59.0 Å². The van der Waals surface area contributed by atoms with E-state index in [1.165, 1.54) is 0 Å². The molecule has 5 heteroatoms. The fourth-order valence-corrected chi connectivity index (χ4v) is 3.00. The molecule has 1 heterocycles. The maximum absolute atomic E-state index is 12.4. The molecular formula is C22H25NO4. The van der Waals surface area contributed by atoms with Crippen molar-refractivity contribution in [1.29, 1.82) is 0 Å². The van der Waals surface area contributed by atoms with Gasteiger partial charge in [-0.15, -0.1) is 0 Å². The van der Waals surface area contributed by atoms with E-state index in [9.17, 15) is 9.90 Å². The van der Waals surface area contributed by atoms with Crippen molar-refractivity contribution < 1.29 is 19.5 Å². The number of nitrogens with zero attached hydrogens (tertiary/aromatic N) is 1. The zero-order valence-corrected chi connectivity index (χ0v) is 15.5. The van der Waals surface area contributed by atoms with Gasteiger partial charge in [-0.1, -0.05) is 66.7 Å². The number of hydroxylamine groups is 2. The molecule has 0 aliphatic carbocycles. The van der Waals surface area contributed by atoms with E-state index in [2.05, 4.69) is 0 Å². The molecule has 27 heavy (non-hydrogen) atoms. The lowest BCUT2D eigenvalue weighted by molar-refractivity contribution is -0.237. The SMILES string of the molecule is C[C@@H](O)/C=C/[C@@]1(ON(Cc2ccccc2)Cc2ccccc2)CCOC1=O. The molecule has 1 aliphatic heterocycles. The number of carbonyl (C=O) groups is 1. The normalized spacial score (nSPS) is 20.9. The van der Waals surface area contributed by atoms with Crippen molar-refractivity contribution in [2.45, 2.75) is 38.1 Å². The van der Waals surface area contributed by atoms with E-state index in [4.69, 9.17) is 9.57 Å². The lowest BCUT2D eigenvalue weighted by Crippen LogP contribution is -2.42. The van der Waals surface area contributed by atoms with Crippen molar-refractivity contribution in [3.8, 4) is 0 Å². The lowest BCUT2D eigenvalue weighted by atomic mass is 10.0. The minimum atomic E-state index is -1.21. The molecule has 1 saturated heterocycles. The number of carbonyl (C=O) groups excluding carboxylic acids is 1. The summed E-state index contributed by atoms with van der Waals surface area (Å²) in [5, 5.41) is 11.4. The summed E-state index contributed by atoms with van der Waals surface area (Å²) in [6.45, 7) is 2.98. The number of aliphatic hydroxyl groups is 1. The van der Waals surface area contributed by atoms with Crippen molar-refractivity contribution in [1.82, 2.24) is 5.06 Å². The van der Waals surface area contributed by atoms with Gasteiger partial charge in [0, 0.05) is 19.5 Å². The molecule has 1 fully saturated rings. The van der Waals surface area contributed by atoms with Gasteiger partial charge >= 0.3 is 5.97 Å². The lowest BCUT2D eigenvalue weighted by Gasteiger charge is -2.30. The van der Waals surface area contributed by atoms with Crippen LogP contribution in [-0.2, 0) is 27.5 Å². The van der Waals surface area contributed by atoms with Crippen LogP contribution in [0.2, 0.25) is 0 Å². The van der Waals surface area contributed by atoms with Crippen LogP contribution >= 0.6 is 0 Å². The summed E-state index contributed by atoms with van der Waals surface area (Å²) in [7, 11) is 0. The molecule has 1 aliphatic rings. The number of hydrogen-bond acceptors (Lipinski definition) is 5. The van der Waals surface area contributed by atoms with Crippen LogP contribution in [0, 0.1) is 0 Å². The van der Waals surface area contributed by atoms with E-state index in [-0.39, 0.29) is 0 Å². The van der Waals surface area contributed by atoms with E-state index in [0.717, 1.165) is 11.1 Å². The second-order valence-corrected chi connectivity index (χ2v) is 6.74. The van der Waals surface area contributed by atoms with E-state index >= 15 is 0 Å². The Kier molecular flexibility index (Phi) is 6.40. The molecule has 0 saturated carbocycles. The Morgan fingerprint density at radius 2 is 1.67 bits per heavy atom. The first-order chi connectivity index (χ1) is 13.1. The van der Waals surface area contributed by atoms with Crippen LogP contribution in [0.4, 0.5) is 0 Å². The fourth-order valence-electron chi connectivity index (χ4n) is 3.00. The van der Waals surface area contributed by atoms with Crippen LogP contribution in [0.25, 0.3) is 0 Å².